The van der Waals surface area contributed by atoms with E-state index in [-0.39, 0.29) is 12.1 Å². The molecule has 0 aliphatic rings. The van der Waals surface area contributed by atoms with E-state index >= 15 is 0 Å². The third-order valence-electron chi connectivity index (χ3n) is 7.22. The second-order valence-electron chi connectivity index (χ2n) is 11.7. The maximum absolute atomic E-state index is 13.7. The number of pyridine rings is 1. The third kappa shape index (κ3) is 10.2. The molecule has 0 saturated heterocycles. The lowest BCUT2D eigenvalue weighted by Gasteiger charge is -2.31. The summed E-state index contributed by atoms with van der Waals surface area (Å²) in [4.78, 5) is 33.0. The summed E-state index contributed by atoms with van der Waals surface area (Å²) in [5, 5.41) is 0. The molecule has 1 unspecified atom stereocenters. The zero-order valence-corrected chi connectivity index (χ0v) is 27.0. The molecule has 2 aromatic rings. The number of hydrogen-bond donors (Lipinski definition) is 0. The Morgan fingerprint density at radius 3 is 2.19 bits per heavy atom. The van der Waals surface area contributed by atoms with Crippen molar-refractivity contribution in [3.63, 3.8) is 0 Å². The fourth-order valence-electron chi connectivity index (χ4n) is 4.79. The first-order valence-electron chi connectivity index (χ1n) is 14.7. The van der Waals surface area contributed by atoms with Crippen LogP contribution in [0.4, 0.5) is 10.5 Å². The van der Waals surface area contributed by atoms with Crippen molar-refractivity contribution in [1.82, 2.24) is 4.98 Å². The Balaban J connectivity index is 2.55. The van der Waals surface area contributed by atoms with Crippen molar-refractivity contribution in [2.75, 3.05) is 33.3 Å². The first-order chi connectivity index (χ1) is 19.9. The number of carbonyl (C=O) groups excluding carboxylic acids is 2. The highest BCUT2D eigenvalue weighted by Gasteiger charge is 2.33. The average Bonchev–Trinajstić information content (AvgIpc) is 2.96. The predicted molar refractivity (Wildman–Crippen MR) is 165 cm³/mol. The normalized spacial score (nSPS) is 12.8. The van der Waals surface area contributed by atoms with Crippen molar-refractivity contribution in [3.05, 3.63) is 47.3 Å². The van der Waals surface area contributed by atoms with Crippen molar-refractivity contribution < 1.29 is 33.3 Å². The van der Waals surface area contributed by atoms with Gasteiger partial charge in [0.25, 0.3) is 0 Å². The molecule has 1 atom stereocenters. The van der Waals surface area contributed by atoms with Gasteiger partial charge in [0.05, 0.1) is 44.9 Å². The molecule has 0 aliphatic heterocycles. The number of rotatable bonds is 16. The summed E-state index contributed by atoms with van der Waals surface area (Å²) in [6.07, 6.45) is 9.15. The highest BCUT2D eigenvalue weighted by atomic mass is 16.6. The van der Waals surface area contributed by atoms with Gasteiger partial charge >= 0.3 is 12.1 Å². The van der Waals surface area contributed by atoms with E-state index in [2.05, 4.69) is 11.9 Å². The minimum atomic E-state index is -0.771. The summed E-state index contributed by atoms with van der Waals surface area (Å²) in [7, 11) is 6.12. The van der Waals surface area contributed by atoms with Gasteiger partial charge in [-0.2, -0.15) is 0 Å². The molecule has 0 aliphatic carbocycles. The van der Waals surface area contributed by atoms with Crippen molar-refractivity contribution >= 4 is 17.7 Å². The Kier molecular flexibility index (Phi) is 13.6. The minimum Gasteiger partial charge on any atom is -0.497 e. The molecule has 0 spiro atoms. The zero-order chi connectivity index (χ0) is 31.3. The maximum atomic E-state index is 13.7. The van der Waals surface area contributed by atoms with Crippen molar-refractivity contribution in [3.8, 4) is 11.5 Å². The Morgan fingerprint density at radius 2 is 1.60 bits per heavy atom. The van der Waals surface area contributed by atoms with E-state index in [1.54, 1.807) is 66.5 Å². The average molecular weight is 587 g/mol. The zero-order valence-electron chi connectivity index (χ0n) is 27.0. The first-order valence-corrected chi connectivity index (χ1v) is 14.7. The van der Waals surface area contributed by atoms with Gasteiger partial charge in [-0.25, -0.2) is 9.59 Å². The van der Waals surface area contributed by atoms with E-state index in [0.717, 1.165) is 19.3 Å². The summed E-state index contributed by atoms with van der Waals surface area (Å²) >= 11 is 0. The number of hydrogen-bond acceptors (Lipinski definition) is 8. The minimum absolute atomic E-state index is 0.0643. The molecule has 234 valence electrons. The van der Waals surface area contributed by atoms with Crippen LogP contribution in [-0.2, 0) is 27.2 Å². The van der Waals surface area contributed by atoms with Crippen LogP contribution in [0.5, 0.6) is 11.5 Å². The van der Waals surface area contributed by atoms with Crippen LogP contribution in [0, 0.1) is 0 Å². The van der Waals surface area contributed by atoms with Crippen molar-refractivity contribution in [1.29, 1.82) is 0 Å². The molecular weight excluding hydrogens is 536 g/mol. The van der Waals surface area contributed by atoms with Gasteiger partial charge in [-0.15, -0.1) is 0 Å². The third-order valence-corrected chi connectivity index (χ3v) is 7.22. The van der Waals surface area contributed by atoms with Gasteiger partial charge in [0.15, 0.2) is 0 Å². The smallest absolute Gasteiger partial charge is 0.415 e. The summed E-state index contributed by atoms with van der Waals surface area (Å²) in [5.74, 6) is 0.550. The van der Waals surface area contributed by atoms with Crippen LogP contribution in [0.15, 0.2) is 30.5 Å². The van der Waals surface area contributed by atoms with Crippen molar-refractivity contribution in [2.45, 2.75) is 104 Å². The number of anilines is 1. The number of nitrogens with zero attached hydrogens (tertiary/aromatic N) is 2. The molecule has 9 nitrogen and oxygen atoms in total. The lowest BCUT2D eigenvalue weighted by Crippen LogP contribution is -2.38. The fourth-order valence-corrected chi connectivity index (χ4v) is 4.79. The Hall–Kier alpha value is -3.33. The SMILES string of the molecule is CCCCCCCCC(C)(Cc1nccc(N(Cc2ccc(OC)cc2OC)C(=O)OC(C)(C)C)c1C(=O)OC)OC. The fraction of sp³-hybridized carbons (Fsp3) is 0.606. The first kappa shape index (κ1) is 34.9. The molecule has 1 aromatic heterocycles. The lowest BCUT2D eigenvalue weighted by molar-refractivity contribution is -0.00373. The monoisotopic (exact) mass is 586 g/mol. The lowest BCUT2D eigenvalue weighted by atomic mass is 9.90. The van der Waals surface area contributed by atoms with Gasteiger partial charge in [-0.05, 0) is 52.3 Å². The second kappa shape index (κ2) is 16.3. The number of aromatic nitrogens is 1. The summed E-state index contributed by atoms with van der Waals surface area (Å²) in [5.41, 5.74) is 0.385. The van der Waals surface area contributed by atoms with Crippen LogP contribution in [-0.4, -0.2) is 56.7 Å². The van der Waals surface area contributed by atoms with E-state index in [9.17, 15) is 9.59 Å². The number of unbranched alkanes of at least 4 members (excludes halogenated alkanes) is 5. The topological polar surface area (TPSA) is 96.4 Å². The van der Waals surface area contributed by atoms with Crippen LogP contribution < -0.4 is 14.4 Å². The predicted octanol–water partition coefficient (Wildman–Crippen LogP) is 7.53. The molecule has 2 rings (SSSR count). The number of amides is 1. The van der Waals surface area contributed by atoms with Crippen molar-refractivity contribution in [2.24, 2.45) is 0 Å². The molecular formula is C33H50N2O7. The molecule has 9 heteroatoms. The number of carbonyl (C=O) groups is 2. The van der Waals surface area contributed by atoms with Gasteiger partial charge in [-0.3, -0.25) is 9.88 Å². The highest BCUT2D eigenvalue weighted by molar-refractivity contribution is 6.01. The van der Waals surface area contributed by atoms with Crippen LogP contribution in [0.25, 0.3) is 0 Å². The van der Waals surface area contributed by atoms with E-state index < -0.39 is 23.3 Å². The van der Waals surface area contributed by atoms with Crippen LogP contribution in [0.1, 0.15) is 101 Å². The molecule has 42 heavy (non-hydrogen) atoms. The number of methoxy groups -OCH3 is 4. The quantitative estimate of drug-likeness (QED) is 0.147. The summed E-state index contributed by atoms with van der Waals surface area (Å²) < 4.78 is 27.9. The van der Waals surface area contributed by atoms with Gasteiger partial charge < -0.3 is 23.7 Å². The molecule has 0 radical (unpaired) electrons. The van der Waals surface area contributed by atoms with Crippen LogP contribution >= 0.6 is 0 Å². The van der Waals surface area contributed by atoms with Gasteiger partial charge in [0, 0.05) is 31.4 Å². The van der Waals surface area contributed by atoms with E-state index in [1.165, 1.54) is 37.7 Å². The molecule has 0 bridgehead atoms. The van der Waals surface area contributed by atoms with Gasteiger partial charge in [0.1, 0.15) is 22.7 Å². The molecule has 1 aromatic carbocycles. The molecule has 1 amide bonds. The Morgan fingerprint density at radius 1 is 0.905 bits per heavy atom. The largest absolute Gasteiger partial charge is 0.497 e. The van der Waals surface area contributed by atoms with E-state index in [1.807, 2.05) is 13.0 Å². The molecule has 1 heterocycles. The second-order valence-corrected chi connectivity index (χ2v) is 11.7. The number of ether oxygens (including phenoxy) is 5. The number of benzene rings is 1. The van der Waals surface area contributed by atoms with Crippen LogP contribution in [0.2, 0.25) is 0 Å². The van der Waals surface area contributed by atoms with E-state index in [4.69, 9.17) is 23.7 Å². The van der Waals surface area contributed by atoms with Crippen LogP contribution in [0.3, 0.4) is 0 Å². The molecule has 0 N–H and O–H groups in total. The maximum Gasteiger partial charge on any atom is 0.415 e. The molecule has 0 fully saturated rings. The number of esters is 1. The summed E-state index contributed by atoms with van der Waals surface area (Å²) in [6, 6.07) is 6.98. The Bertz CT molecular complexity index is 1160. The molecule has 0 saturated carbocycles. The Labute approximate surface area is 251 Å². The highest BCUT2D eigenvalue weighted by Crippen LogP contribution is 2.33. The summed E-state index contributed by atoms with van der Waals surface area (Å²) in [6.45, 7) is 9.68. The standard InChI is InChI=1S/C33H50N2O7/c1-10-11-12-13-14-15-19-33(5,41-9)22-26-29(30(36)40-8)27(18-20-34-26)35(31(37)42-32(2,3)4)23-24-16-17-25(38-6)21-28(24)39-7/h16-18,20-21H,10-15,19,22-23H2,1-9H3. The van der Waals surface area contributed by atoms with E-state index in [0.29, 0.717) is 34.9 Å². The van der Waals surface area contributed by atoms with Gasteiger partial charge in [0.2, 0.25) is 0 Å². The van der Waals surface area contributed by atoms with Gasteiger partial charge in [-0.1, -0.05) is 45.4 Å².